The lowest BCUT2D eigenvalue weighted by Crippen LogP contribution is -2.34. The molecular weight excluding hydrogens is 376 g/mol. The lowest BCUT2D eigenvalue weighted by molar-refractivity contribution is 0.148. The van der Waals surface area contributed by atoms with E-state index in [1.807, 2.05) is 18.2 Å². The maximum atomic E-state index is 10.1. The number of benzene rings is 2. The molecule has 1 fully saturated rings. The van der Waals surface area contributed by atoms with Crippen LogP contribution < -0.4 is 10.9 Å². The summed E-state index contributed by atoms with van der Waals surface area (Å²) in [5, 5.41) is 12.4. The zero-order valence-electron chi connectivity index (χ0n) is 16.6. The Hall–Kier alpha value is -3.00. The number of piperidine rings is 1. The van der Waals surface area contributed by atoms with Gasteiger partial charge in [0.2, 0.25) is 0 Å². The van der Waals surface area contributed by atoms with E-state index in [0.717, 1.165) is 60.6 Å². The van der Waals surface area contributed by atoms with Gasteiger partial charge in [-0.25, -0.2) is 15.4 Å². The van der Waals surface area contributed by atoms with Gasteiger partial charge >= 0.3 is 0 Å². The van der Waals surface area contributed by atoms with Crippen LogP contribution >= 0.6 is 0 Å². The molecule has 2 aliphatic heterocycles. The van der Waals surface area contributed by atoms with Gasteiger partial charge in [-0.1, -0.05) is 30.3 Å². The SMILES string of the molecule is OC1NNc2nc(CN3CCC(c4c[nH]c5ccccc45)CC3)nc3cccc1c23. The first kappa shape index (κ1) is 17.8. The van der Waals surface area contributed by atoms with Gasteiger partial charge in [-0.15, -0.1) is 0 Å². The van der Waals surface area contributed by atoms with E-state index < -0.39 is 6.23 Å². The Morgan fingerprint density at radius 1 is 1.00 bits per heavy atom. The number of nitrogens with zero attached hydrogens (tertiary/aromatic N) is 3. The number of aliphatic hydroxyl groups is 1. The molecule has 2 aromatic heterocycles. The minimum absolute atomic E-state index is 0.589. The molecule has 0 radical (unpaired) electrons. The summed E-state index contributed by atoms with van der Waals surface area (Å²) >= 11 is 0. The molecule has 4 heterocycles. The number of hydrogen-bond acceptors (Lipinski definition) is 6. The molecule has 1 unspecified atom stereocenters. The van der Waals surface area contributed by atoms with E-state index >= 15 is 0 Å². The number of hydrazine groups is 1. The number of H-pyrrole nitrogens is 1. The number of aliphatic hydroxyl groups excluding tert-OH is 1. The van der Waals surface area contributed by atoms with Crippen LogP contribution in [0.2, 0.25) is 0 Å². The second-order valence-corrected chi connectivity index (χ2v) is 8.24. The van der Waals surface area contributed by atoms with Gasteiger partial charge in [-0.05, 0) is 49.5 Å². The van der Waals surface area contributed by atoms with Crippen LogP contribution in [0.5, 0.6) is 0 Å². The zero-order valence-corrected chi connectivity index (χ0v) is 16.6. The first-order chi connectivity index (χ1) is 14.8. The van der Waals surface area contributed by atoms with Crippen LogP contribution in [0.1, 0.15) is 41.9 Å². The highest BCUT2D eigenvalue weighted by molar-refractivity contribution is 5.93. The summed E-state index contributed by atoms with van der Waals surface area (Å²) in [4.78, 5) is 15.4. The van der Waals surface area contributed by atoms with Crippen LogP contribution in [0, 0.1) is 0 Å². The number of nitrogens with one attached hydrogen (secondary N) is 3. The quantitative estimate of drug-likeness (QED) is 0.421. The van der Waals surface area contributed by atoms with E-state index in [0.29, 0.717) is 5.92 Å². The number of fused-ring (bicyclic) bond motifs is 1. The molecule has 0 bridgehead atoms. The molecule has 1 saturated heterocycles. The molecule has 6 rings (SSSR count). The maximum Gasteiger partial charge on any atom is 0.152 e. The summed E-state index contributed by atoms with van der Waals surface area (Å²) in [6.07, 6.45) is 3.71. The second-order valence-electron chi connectivity index (χ2n) is 8.24. The van der Waals surface area contributed by atoms with E-state index in [-0.39, 0.29) is 0 Å². The standard InChI is InChI=1S/C23H24N6O/c30-23-16-5-3-7-19-21(16)22(27-28-23)26-20(25-19)13-29-10-8-14(9-11-29)17-12-24-18-6-2-1-4-15(17)18/h1-7,12,14,23-24,28,30H,8-11,13H2,(H,25,26,27). The average Bonchev–Trinajstić information content (AvgIpc) is 3.21. The van der Waals surface area contributed by atoms with Gasteiger partial charge in [-0.2, -0.15) is 0 Å². The molecule has 30 heavy (non-hydrogen) atoms. The monoisotopic (exact) mass is 400 g/mol. The molecule has 0 saturated carbocycles. The Labute approximate surface area is 174 Å². The number of hydrogen-bond donors (Lipinski definition) is 4. The molecule has 7 heteroatoms. The molecule has 1 atom stereocenters. The first-order valence-corrected chi connectivity index (χ1v) is 10.5. The Morgan fingerprint density at radius 2 is 1.87 bits per heavy atom. The Bertz CT molecular complexity index is 1230. The van der Waals surface area contributed by atoms with Gasteiger partial charge in [0, 0.05) is 22.7 Å². The van der Waals surface area contributed by atoms with Crippen molar-refractivity contribution in [2.24, 2.45) is 0 Å². The van der Waals surface area contributed by atoms with Gasteiger partial charge in [-0.3, -0.25) is 4.90 Å². The smallest absolute Gasteiger partial charge is 0.152 e. The molecule has 0 spiro atoms. The number of anilines is 1. The molecule has 2 aromatic carbocycles. The van der Waals surface area contributed by atoms with Crippen LogP contribution in [0.15, 0.2) is 48.7 Å². The molecular formula is C23H24N6O. The molecule has 152 valence electrons. The van der Waals surface area contributed by atoms with Crippen molar-refractivity contribution in [2.45, 2.75) is 31.5 Å². The molecule has 0 aliphatic carbocycles. The largest absolute Gasteiger partial charge is 0.373 e. The average molecular weight is 400 g/mol. The highest BCUT2D eigenvalue weighted by atomic mass is 16.3. The third-order valence-corrected chi connectivity index (χ3v) is 6.44. The minimum atomic E-state index is -0.751. The Morgan fingerprint density at radius 3 is 2.77 bits per heavy atom. The fourth-order valence-electron chi connectivity index (χ4n) is 4.89. The van der Waals surface area contributed by atoms with Gasteiger partial charge < -0.3 is 15.5 Å². The van der Waals surface area contributed by atoms with Crippen LogP contribution in [-0.4, -0.2) is 38.0 Å². The number of rotatable bonds is 3. The predicted molar refractivity (Wildman–Crippen MR) is 117 cm³/mol. The highest BCUT2D eigenvalue weighted by Crippen LogP contribution is 2.34. The van der Waals surface area contributed by atoms with E-state index in [9.17, 15) is 5.11 Å². The van der Waals surface area contributed by atoms with Gasteiger partial charge in [0.05, 0.1) is 17.4 Å². The van der Waals surface area contributed by atoms with Crippen molar-refractivity contribution >= 4 is 27.6 Å². The summed E-state index contributed by atoms with van der Waals surface area (Å²) in [7, 11) is 0. The molecule has 4 aromatic rings. The van der Waals surface area contributed by atoms with Crippen LogP contribution in [0.4, 0.5) is 5.82 Å². The summed E-state index contributed by atoms with van der Waals surface area (Å²) < 4.78 is 0. The van der Waals surface area contributed by atoms with Crippen molar-refractivity contribution in [3.05, 3.63) is 65.6 Å². The van der Waals surface area contributed by atoms with Crippen molar-refractivity contribution in [1.29, 1.82) is 0 Å². The second kappa shape index (κ2) is 7.05. The molecule has 7 nitrogen and oxygen atoms in total. The van der Waals surface area contributed by atoms with Crippen molar-refractivity contribution in [2.75, 3.05) is 18.5 Å². The maximum absolute atomic E-state index is 10.1. The lowest BCUT2D eigenvalue weighted by Gasteiger charge is -2.31. The lowest BCUT2D eigenvalue weighted by atomic mass is 9.89. The highest BCUT2D eigenvalue weighted by Gasteiger charge is 2.25. The fraction of sp³-hybridized carbons (Fsp3) is 0.304. The number of para-hydroxylation sites is 1. The van der Waals surface area contributed by atoms with Crippen molar-refractivity contribution in [3.8, 4) is 0 Å². The van der Waals surface area contributed by atoms with Crippen molar-refractivity contribution < 1.29 is 5.11 Å². The summed E-state index contributed by atoms with van der Waals surface area (Å²) in [6.45, 7) is 2.80. The van der Waals surface area contributed by atoms with E-state index in [2.05, 4.69) is 51.2 Å². The topological polar surface area (TPSA) is 89.1 Å². The summed E-state index contributed by atoms with van der Waals surface area (Å²) in [5.41, 5.74) is 10.2. The number of aromatic nitrogens is 3. The molecule has 4 N–H and O–H groups in total. The van der Waals surface area contributed by atoms with Crippen LogP contribution in [0.25, 0.3) is 21.8 Å². The van der Waals surface area contributed by atoms with E-state index in [1.165, 1.54) is 16.5 Å². The van der Waals surface area contributed by atoms with Gasteiger partial charge in [0.25, 0.3) is 0 Å². The third kappa shape index (κ3) is 2.94. The van der Waals surface area contributed by atoms with Gasteiger partial charge in [0.1, 0.15) is 12.1 Å². The Balaban J connectivity index is 1.20. The zero-order chi connectivity index (χ0) is 20.1. The summed E-state index contributed by atoms with van der Waals surface area (Å²) in [6, 6.07) is 14.4. The van der Waals surface area contributed by atoms with Crippen molar-refractivity contribution in [1.82, 2.24) is 25.3 Å². The fourth-order valence-corrected chi connectivity index (χ4v) is 4.89. The number of aromatic amines is 1. The normalized spacial score (nSPS) is 20.0. The number of likely N-dealkylation sites (tertiary alicyclic amines) is 1. The first-order valence-electron chi connectivity index (χ1n) is 10.5. The Kier molecular flexibility index (Phi) is 4.19. The molecule has 2 aliphatic rings. The summed E-state index contributed by atoms with van der Waals surface area (Å²) in [5.74, 6) is 2.14. The minimum Gasteiger partial charge on any atom is -0.373 e. The van der Waals surface area contributed by atoms with Crippen LogP contribution in [-0.2, 0) is 6.54 Å². The van der Waals surface area contributed by atoms with Crippen LogP contribution in [0.3, 0.4) is 0 Å². The predicted octanol–water partition coefficient (Wildman–Crippen LogP) is 3.41. The van der Waals surface area contributed by atoms with E-state index in [4.69, 9.17) is 9.97 Å². The third-order valence-electron chi connectivity index (χ3n) is 6.44. The van der Waals surface area contributed by atoms with E-state index in [1.54, 1.807) is 0 Å². The molecule has 0 amide bonds. The van der Waals surface area contributed by atoms with Crippen molar-refractivity contribution in [3.63, 3.8) is 0 Å². The van der Waals surface area contributed by atoms with Gasteiger partial charge in [0.15, 0.2) is 5.82 Å².